The summed E-state index contributed by atoms with van der Waals surface area (Å²) in [7, 11) is 0. The van der Waals surface area contributed by atoms with Crippen LogP contribution >= 0.6 is 0 Å². The smallest absolute Gasteiger partial charge is 0.150 e. The summed E-state index contributed by atoms with van der Waals surface area (Å²) in [6, 6.07) is 14.0. The number of nitrogen functional groups attached to an aromatic ring is 1. The second kappa shape index (κ2) is 6.41. The molecule has 0 aliphatic rings. The fraction of sp³-hybridized carbons (Fsp3) is 0.200. The number of nitrogens with zero attached hydrogens (tertiary/aromatic N) is 2. The van der Waals surface area contributed by atoms with E-state index in [1.165, 1.54) is 5.56 Å². The number of nitrogens with two attached hydrogens (primary N) is 1. The van der Waals surface area contributed by atoms with E-state index in [1.807, 2.05) is 24.3 Å². The van der Waals surface area contributed by atoms with Gasteiger partial charge in [0.25, 0.3) is 0 Å². The lowest BCUT2D eigenvalue weighted by molar-refractivity contribution is 0.859. The van der Waals surface area contributed by atoms with Crippen molar-refractivity contribution >= 4 is 11.5 Å². The van der Waals surface area contributed by atoms with Gasteiger partial charge in [-0.15, -0.1) is 0 Å². The van der Waals surface area contributed by atoms with Crippen molar-refractivity contribution in [1.29, 1.82) is 5.26 Å². The first-order valence-corrected chi connectivity index (χ1v) is 6.23. The van der Waals surface area contributed by atoms with Crippen molar-refractivity contribution in [3.05, 3.63) is 53.7 Å². The van der Waals surface area contributed by atoms with Gasteiger partial charge in [-0.1, -0.05) is 30.3 Å². The monoisotopic (exact) mass is 252 g/mol. The Labute approximate surface area is 112 Å². The Balaban J connectivity index is 1.85. The molecule has 0 aliphatic carbocycles. The Hall–Kier alpha value is -2.54. The largest absolute Gasteiger partial charge is 0.395 e. The Morgan fingerprint density at radius 1 is 1.21 bits per heavy atom. The van der Waals surface area contributed by atoms with Gasteiger partial charge in [0.05, 0.1) is 11.3 Å². The van der Waals surface area contributed by atoms with Crippen LogP contribution in [0, 0.1) is 11.3 Å². The molecule has 2 rings (SSSR count). The van der Waals surface area contributed by atoms with Crippen molar-refractivity contribution in [1.82, 2.24) is 4.98 Å². The second-order valence-corrected chi connectivity index (χ2v) is 4.25. The number of pyridine rings is 1. The van der Waals surface area contributed by atoms with Crippen LogP contribution in [-0.4, -0.2) is 11.5 Å². The highest BCUT2D eigenvalue weighted by atomic mass is 15.0. The van der Waals surface area contributed by atoms with Crippen LogP contribution in [-0.2, 0) is 6.42 Å². The lowest BCUT2D eigenvalue weighted by Crippen LogP contribution is -2.08. The summed E-state index contributed by atoms with van der Waals surface area (Å²) in [5.41, 5.74) is 8.04. The van der Waals surface area contributed by atoms with Crippen LogP contribution in [0.25, 0.3) is 0 Å². The quantitative estimate of drug-likeness (QED) is 0.802. The molecule has 96 valence electrons. The van der Waals surface area contributed by atoms with Crippen LogP contribution in [0.1, 0.15) is 17.5 Å². The number of anilines is 2. The summed E-state index contributed by atoms with van der Waals surface area (Å²) in [6.45, 7) is 0.779. The van der Waals surface area contributed by atoms with Gasteiger partial charge in [0, 0.05) is 12.7 Å². The van der Waals surface area contributed by atoms with Crippen LogP contribution in [0.3, 0.4) is 0 Å². The lowest BCUT2D eigenvalue weighted by atomic mass is 10.1. The molecule has 2 aromatic rings. The molecule has 0 bridgehead atoms. The van der Waals surface area contributed by atoms with Gasteiger partial charge in [-0.3, -0.25) is 0 Å². The number of rotatable bonds is 5. The first-order chi connectivity index (χ1) is 9.31. The zero-order valence-electron chi connectivity index (χ0n) is 10.6. The summed E-state index contributed by atoms with van der Waals surface area (Å²) >= 11 is 0. The second-order valence-electron chi connectivity index (χ2n) is 4.25. The third-order valence-electron chi connectivity index (χ3n) is 2.89. The predicted octanol–water partition coefficient (Wildman–Crippen LogP) is 2.58. The highest BCUT2D eigenvalue weighted by Gasteiger charge is 2.04. The maximum absolute atomic E-state index is 8.88. The molecule has 0 radical (unpaired) electrons. The first-order valence-electron chi connectivity index (χ1n) is 6.23. The molecule has 0 spiro atoms. The van der Waals surface area contributed by atoms with Crippen molar-refractivity contribution in [3.8, 4) is 6.07 Å². The highest BCUT2D eigenvalue weighted by molar-refractivity contribution is 5.68. The third kappa shape index (κ3) is 3.46. The molecule has 3 N–H and O–H groups in total. The van der Waals surface area contributed by atoms with Gasteiger partial charge < -0.3 is 11.1 Å². The zero-order valence-corrected chi connectivity index (χ0v) is 10.6. The van der Waals surface area contributed by atoms with Gasteiger partial charge in [0.1, 0.15) is 6.07 Å². The average molecular weight is 252 g/mol. The summed E-state index contributed by atoms with van der Waals surface area (Å²) in [4.78, 5) is 4.14. The molecule has 0 unspecified atom stereocenters. The lowest BCUT2D eigenvalue weighted by Gasteiger charge is -2.08. The summed E-state index contributed by atoms with van der Waals surface area (Å²) in [5, 5.41) is 12.0. The molecule has 0 fully saturated rings. The SMILES string of the molecule is N#Cc1ccnc(NCCCc2ccccc2)c1N. The van der Waals surface area contributed by atoms with Crippen LogP contribution in [0.2, 0.25) is 0 Å². The van der Waals surface area contributed by atoms with Gasteiger partial charge in [0.15, 0.2) is 5.82 Å². The van der Waals surface area contributed by atoms with E-state index < -0.39 is 0 Å². The molecule has 1 aromatic heterocycles. The minimum atomic E-state index is 0.421. The van der Waals surface area contributed by atoms with Crippen LogP contribution in [0.4, 0.5) is 11.5 Å². The van der Waals surface area contributed by atoms with E-state index in [-0.39, 0.29) is 0 Å². The van der Waals surface area contributed by atoms with Crippen molar-refractivity contribution < 1.29 is 0 Å². The molecular formula is C15H16N4. The standard InChI is InChI=1S/C15H16N4/c16-11-13-8-10-19-15(14(13)17)18-9-4-7-12-5-2-1-3-6-12/h1-3,5-6,8,10H,4,7,9,17H2,(H,18,19). The van der Waals surface area contributed by atoms with E-state index in [0.717, 1.165) is 19.4 Å². The first kappa shape index (κ1) is 12.9. The molecular weight excluding hydrogens is 236 g/mol. The minimum Gasteiger partial charge on any atom is -0.395 e. The molecule has 1 heterocycles. The van der Waals surface area contributed by atoms with Gasteiger partial charge in [-0.2, -0.15) is 5.26 Å². The van der Waals surface area contributed by atoms with E-state index in [2.05, 4.69) is 22.4 Å². The normalized spacial score (nSPS) is 9.84. The number of nitriles is 1. The number of hydrogen-bond acceptors (Lipinski definition) is 4. The summed E-state index contributed by atoms with van der Waals surface area (Å²) < 4.78 is 0. The Bertz CT molecular complexity index is 572. The molecule has 19 heavy (non-hydrogen) atoms. The molecule has 0 saturated carbocycles. The molecule has 1 aromatic carbocycles. The van der Waals surface area contributed by atoms with Gasteiger partial charge in [0.2, 0.25) is 0 Å². The van der Waals surface area contributed by atoms with Gasteiger partial charge >= 0.3 is 0 Å². The van der Waals surface area contributed by atoms with E-state index in [1.54, 1.807) is 12.3 Å². The minimum absolute atomic E-state index is 0.421. The average Bonchev–Trinajstić information content (AvgIpc) is 2.46. The number of aryl methyl sites for hydroxylation is 1. The van der Waals surface area contributed by atoms with Gasteiger partial charge in [-0.25, -0.2) is 4.98 Å². The van der Waals surface area contributed by atoms with Crippen LogP contribution < -0.4 is 11.1 Å². The maximum atomic E-state index is 8.88. The highest BCUT2D eigenvalue weighted by Crippen LogP contribution is 2.18. The molecule has 0 amide bonds. The van der Waals surface area contributed by atoms with Crippen molar-refractivity contribution in [2.75, 3.05) is 17.6 Å². The maximum Gasteiger partial charge on any atom is 0.150 e. The van der Waals surface area contributed by atoms with Gasteiger partial charge in [-0.05, 0) is 24.5 Å². The van der Waals surface area contributed by atoms with Crippen molar-refractivity contribution in [2.45, 2.75) is 12.8 Å². The van der Waals surface area contributed by atoms with Crippen LogP contribution in [0.15, 0.2) is 42.6 Å². The van der Waals surface area contributed by atoms with Crippen molar-refractivity contribution in [2.24, 2.45) is 0 Å². The molecule has 4 heteroatoms. The molecule has 0 aliphatic heterocycles. The zero-order chi connectivity index (χ0) is 13.5. The third-order valence-corrected chi connectivity index (χ3v) is 2.89. The molecule has 0 saturated heterocycles. The fourth-order valence-electron chi connectivity index (χ4n) is 1.86. The Kier molecular flexibility index (Phi) is 4.35. The molecule has 4 nitrogen and oxygen atoms in total. The van der Waals surface area contributed by atoms with E-state index in [0.29, 0.717) is 17.1 Å². The van der Waals surface area contributed by atoms with Crippen LogP contribution in [0.5, 0.6) is 0 Å². The number of nitrogens with one attached hydrogen (secondary N) is 1. The number of aromatic nitrogens is 1. The van der Waals surface area contributed by atoms with E-state index >= 15 is 0 Å². The number of benzene rings is 1. The van der Waals surface area contributed by atoms with E-state index in [9.17, 15) is 0 Å². The number of hydrogen-bond donors (Lipinski definition) is 2. The Morgan fingerprint density at radius 2 is 2.00 bits per heavy atom. The predicted molar refractivity (Wildman–Crippen MR) is 76.6 cm³/mol. The topological polar surface area (TPSA) is 74.7 Å². The van der Waals surface area contributed by atoms with Crippen molar-refractivity contribution in [3.63, 3.8) is 0 Å². The molecule has 0 atom stereocenters. The van der Waals surface area contributed by atoms with E-state index in [4.69, 9.17) is 11.0 Å². The fourth-order valence-corrected chi connectivity index (χ4v) is 1.86. The Morgan fingerprint density at radius 3 is 2.74 bits per heavy atom. The summed E-state index contributed by atoms with van der Waals surface area (Å²) in [6.07, 6.45) is 3.59. The summed E-state index contributed by atoms with van der Waals surface area (Å²) in [5.74, 6) is 0.590.